The maximum absolute atomic E-state index is 12.2. The fraction of sp³-hybridized carbons (Fsp3) is 0.154. The van der Waals surface area contributed by atoms with Crippen molar-refractivity contribution in [1.29, 1.82) is 5.26 Å². The van der Waals surface area contributed by atoms with Crippen molar-refractivity contribution in [2.45, 2.75) is 12.3 Å². The molecular weight excluding hydrogens is 418 g/mol. The number of carbonyl (C=O) groups is 1. The van der Waals surface area contributed by atoms with Gasteiger partial charge in [-0.1, -0.05) is 60.7 Å². The number of hydrogen-bond acceptors (Lipinski definition) is 5. The van der Waals surface area contributed by atoms with Crippen LogP contribution in [0.2, 0.25) is 0 Å². The molecule has 0 spiro atoms. The molecule has 1 amide bonds. The third-order valence-corrected chi connectivity index (χ3v) is 5.58. The molecule has 0 atom stereocenters. The van der Waals surface area contributed by atoms with Crippen LogP contribution in [0.25, 0.3) is 17.2 Å². The maximum atomic E-state index is 12.2. The lowest BCUT2D eigenvalue weighted by molar-refractivity contribution is -0.385. The van der Waals surface area contributed by atoms with Gasteiger partial charge in [-0.05, 0) is 40.8 Å². The number of rotatable bonds is 7. The Hall–Kier alpha value is -4.44. The molecular formula is C26H21N3O4. The van der Waals surface area contributed by atoms with E-state index >= 15 is 0 Å². The van der Waals surface area contributed by atoms with Gasteiger partial charge in [0.1, 0.15) is 6.61 Å². The van der Waals surface area contributed by atoms with E-state index in [1.807, 2.05) is 30.3 Å². The Morgan fingerprint density at radius 1 is 1.09 bits per heavy atom. The van der Waals surface area contributed by atoms with Crippen LogP contribution in [0.1, 0.15) is 34.6 Å². The fourth-order valence-corrected chi connectivity index (χ4v) is 4.03. The van der Waals surface area contributed by atoms with Gasteiger partial charge >= 0.3 is 6.09 Å². The normalized spacial score (nSPS) is 12.1. The first-order chi connectivity index (χ1) is 16.1. The minimum Gasteiger partial charge on any atom is -0.449 e. The summed E-state index contributed by atoms with van der Waals surface area (Å²) in [6, 6.07) is 22.5. The van der Waals surface area contributed by atoms with Gasteiger partial charge in [-0.15, -0.1) is 0 Å². The number of nitrogens with zero attached hydrogens (tertiary/aromatic N) is 2. The van der Waals surface area contributed by atoms with Gasteiger partial charge in [-0.2, -0.15) is 5.26 Å². The topological polar surface area (TPSA) is 105 Å². The molecule has 33 heavy (non-hydrogen) atoms. The average Bonchev–Trinajstić information content (AvgIpc) is 3.16. The lowest BCUT2D eigenvalue weighted by Gasteiger charge is -2.14. The van der Waals surface area contributed by atoms with Crippen LogP contribution < -0.4 is 5.32 Å². The van der Waals surface area contributed by atoms with Gasteiger partial charge in [0.05, 0.1) is 22.1 Å². The van der Waals surface area contributed by atoms with Crippen LogP contribution in [-0.4, -0.2) is 24.2 Å². The van der Waals surface area contributed by atoms with Gasteiger partial charge in [-0.25, -0.2) is 4.79 Å². The summed E-state index contributed by atoms with van der Waals surface area (Å²) in [6.07, 6.45) is 3.31. The first kappa shape index (κ1) is 21.8. The van der Waals surface area contributed by atoms with Crippen molar-refractivity contribution in [2.24, 2.45) is 0 Å². The van der Waals surface area contributed by atoms with E-state index in [1.165, 1.54) is 29.3 Å². The number of nitro groups is 1. The third-order valence-electron chi connectivity index (χ3n) is 5.58. The molecule has 3 aromatic carbocycles. The number of ether oxygens (including phenoxy) is 1. The van der Waals surface area contributed by atoms with Gasteiger partial charge in [0.15, 0.2) is 0 Å². The highest BCUT2D eigenvalue weighted by Crippen LogP contribution is 2.44. The molecule has 3 aromatic rings. The van der Waals surface area contributed by atoms with Crippen LogP contribution in [0, 0.1) is 21.4 Å². The highest BCUT2D eigenvalue weighted by Gasteiger charge is 2.28. The molecule has 164 valence electrons. The van der Waals surface area contributed by atoms with Gasteiger partial charge in [-0.3, -0.25) is 10.1 Å². The van der Waals surface area contributed by atoms with E-state index in [1.54, 1.807) is 12.2 Å². The molecule has 7 heteroatoms. The summed E-state index contributed by atoms with van der Waals surface area (Å²) >= 11 is 0. The molecule has 0 saturated carbocycles. The molecule has 0 fully saturated rings. The number of carbonyl (C=O) groups excluding carboxylic acids is 1. The summed E-state index contributed by atoms with van der Waals surface area (Å²) in [6.45, 7) is 0.574. The van der Waals surface area contributed by atoms with Crippen LogP contribution in [0.4, 0.5) is 10.5 Å². The molecule has 0 bridgehead atoms. The second-order valence-corrected chi connectivity index (χ2v) is 7.59. The van der Waals surface area contributed by atoms with E-state index in [4.69, 9.17) is 10.00 Å². The number of fused-ring (bicyclic) bond motifs is 3. The van der Waals surface area contributed by atoms with E-state index in [9.17, 15) is 14.9 Å². The number of benzene rings is 3. The van der Waals surface area contributed by atoms with E-state index in [2.05, 4.69) is 29.6 Å². The van der Waals surface area contributed by atoms with Crippen molar-refractivity contribution in [2.75, 3.05) is 13.2 Å². The second-order valence-electron chi connectivity index (χ2n) is 7.59. The Bertz CT molecular complexity index is 1230. The summed E-state index contributed by atoms with van der Waals surface area (Å²) in [5, 5.41) is 22.8. The van der Waals surface area contributed by atoms with Crippen LogP contribution in [-0.2, 0) is 4.74 Å². The van der Waals surface area contributed by atoms with E-state index in [0.717, 1.165) is 11.1 Å². The first-order valence-electron chi connectivity index (χ1n) is 10.5. The second kappa shape index (κ2) is 9.79. The number of amides is 1. The molecule has 1 aliphatic carbocycles. The number of nitrogens with one attached hydrogen (secondary N) is 1. The van der Waals surface area contributed by atoms with Gasteiger partial charge < -0.3 is 10.1 Å². The quantitative estimate of drug-likeness (QED) is 0.301. The summed E-state index contributed by atoms with van der Waals surface area (Å²) in [4.78, 5) is 22.9. The van der Waals surface area contributed by atoms with Crippen LogP contribution >= 0.6 is 0 Å². The highest BCUT2D eigenvalue weighted by atomic mass is 16.6. The Kier molecular flexibility index (Phi) is 6.46. The van der Waals surface area contributed by atoms with Crippen molar-refractivity contribution in [3.63, 3.8) is 0 Å². The SMILES string of the molecule is N#Cc1ccc(C=CCCNC(=O)OCC2c3ccccc3-c3ccccc32)c([N+](=O)[O-])c1. The van der Waals surface area contributed by atoms with Gasteiger partial charge in [0.2, 0.25) is 0 Å². The Labute approximate surface area is 191 Å². The fourth-order valence-electron chi connectivity index (χ4n) is 4.03. The zero-order valence-corrected chi connectivity index (χ0v) is 17.7. The monoisotopic (exact) mass is 439 g/mol. The molecule has 0 aromatic heterocycles. The van der Waals surface area contributed by atoms with Crippen LogP contribution in [0.5, 0.6) is 0 Å². The third kappa shape index (κ3) is 4.75. The molecule has 0 unspecified atom stereocenters. The molecule has 0 radical (unpaired) electrons. The van der Waals surface area contributed by atoms with Crippen molar-refractivity contribution >= 4 is 17.9 Å². The minimum absolute atomic E-state index is 0.0000211. The van der Waals surface area contributed by atoms with Crippen molar-refractivity contribution in [1.82, 2.24) is 5.32 Å². The molecule has 4 rings (SSSR count). The lowest BCUT2D eigenvalue weighted by Crippen LogP contribution is -2.26. The van der Waals surface area contributed by atoms with Gasteiger partial charge in [0.25, 0.3) is 5.69 Å². The Morgan fingerprint density at radius 3 is 2.39 bits per heavy atom. The summed E-state index contributed by atoms with van der Waals surface area (Å²) in [5.41, 5.74) is 5.15. The lowest BCUT2D eigenvalue weighted by atomic mass is 9.98. The van der Waals surface area contributed by atoms with Crippen molar-refractivity contribution in [3.8, 4) is 17.2 Å². The van der Waals surface area contributed by atoms with E-state index < -0.39 is 11.0 Å². The number of hydrogen-bond donors (Lipinski definition) is 1. The van der Waals surface area contributed by atoms with Crippen LogP contribution in [0.3, 0.4) is 0 Å². The molecule has 0 saturated heterocycles. The predicted molar refractivity (Wildman–Crippen MR) is 125 cm³/mol. The smallest absolute Gasteiger partial charge is 0.407 e. The predicted octanol–water partition coefficient (Wildman–Crippen LogP) is 5.41. The molecule has 0 heterocycles. The Morgan fingerprint density at radius 2 is 1.76 bits per heavy atom. The molecule has 0 aliphatic heterocycles. The summed E-state index contributed by atoms with van der Waals surface area (Å²) in [5.74, 6) is -0.0000211. The maximum Gasteiger partial charge on any atom is 0.407 e. The zero-order chi connectivity index (χ0) is 23.2. The number of alkyl carbamates (subject to hydrolysis) is 1. The summed E-state index contributed by atoms with van der Waals surface area (Å²) in [7, 11) is 0. The number of nitro benzene ring substituents is 1. The van der Waals surface area contributed by atoms with E-state index in [0.29, 0.717) is 18.5 Å². The zero-order valence-electron chi connectivity index (χ0n) is 17.7. The molecule has 7 nitrogen and oxygen atoms in total. The van der Waals surface area contributed by atoms with Crippen molar-refractivity contribution < 1.29 is 14.5 Å². The largest absolute Gasteiger partial charge is 0.449 e. The first-order valence-corrected chi connectivity index (χ1v) is 10.5. The molecule has 1 aliphatic rings. The standard InChI is InChI=1S/C26H21N3O4/c27-16-18-12-13-19(25(15-18)29(31)32)7-5-6-14-28-26(30)33-17-24-22-10-3-1-8-20(22)21-9-2-4-11-23(21)24/h1-5,7-13,15,24H,6,14,17H2,(H,28,30). The molecule has 1 N–H and O–H groups in total. The van der Waals surface area contributed by atoms with E-state index in [-0.39, 0.29) is 23.8 Å². The van der Waals surface area contributed by atoms with Gasteiger partial charge in [0, 0.05) is 18.5 Å². The van der Waals surface area contributed by atoms with Crippen molar-refractivity contribution in [3.05, 3.63) is 105 Å². The minimum atomic E-state index is -0.518. The van der Waals surface area contributed by atoms with Crippen LogP contribution in [0.15, 0.2) is 72.8 Å². The average molecular weight is 439 g/mol. The summed E-state index contributed by atoms with van der Waals surface area (Å²) < 4.78 is 5.49. The Balaban J connectivity index is 1.29. The highest BCUT2D eigenvalue weighted by molar-refractivity contribution is 5.79. The number of nitriles is 1.